The minimum atomic E-state index is -2.87. The number of rotatable bonds is 4. The molecule has 0 aliphatic rings. The zero-order valence-corrected chi connectivity index (χ0v) is 9.67. The van der Waals surface area contributed by atoms with E-state index in [1.165, 1.54) is 0 Å². The molecular weight excluding hydrogens is 256 g/mol. The van der Waals surface area contributed by atoms with Gasteiger partial charge in [-0.3, -0.25) is 9.78 Å². The lowest BCUT2D eigenvalue weighted by Crippen LogP contribution is -2.11. The molecule has 1 aromatic heterocycles. The average molecular weight is 266 g/mol. The number of aromatic nitrogens is 1. The molecular formula is C10H10ClF2NO3. The number of pyridine rings is 1. The van der Waals surface area contributed by atoms with E-state index in [1.54, 1.807) is 0 Å². The predicted octanol–water partition coefficient (Wildman–Crippen LogP) is 2.18. The SMILES string of the molecule is COC(=O)Cc1ncc(O)c(CCl)c1C(F)F. The Bertz CT molecular complexity index is 426. The van der Waals surface area contributed by atoms with Crippen molar-refractivity contribution in [2.24, 2.45) is 0 Å². The number of nitrogens with zero attached hydrogens (tertiary/aromatic N) is 1. The number of carbonyl (C=O) groups excluding carboxylic acids is 1. The van der Waals surface area contributed by atoms with Crippen molar-refractivity contribution in [3.05, 3.63) is 23.0 Å². The first kappa shape index (κ1) is 13.6. The third-order valence-corrected chi connectivity index (χ3v) is 2.45. The number of methoxy groups -OCH3 is 1. The molecule has 0 fully saturated rings. The molecule has 0 unspecified atom stereocenters. The van der Waals surface area contributed by atoms with Gasteiger partial charge in [-0.15, -0.1) is 11.6 Å². The molecule has 94 valence electrons. The maximum Gasteiger partial charge on any atom is 0.311 e. The van der Waals surface area contributed by atoms with Crippen molar-refractivity contribution in [2.75, 3.05) is 7.11 Å². The summed E-state index contributed by atoms with van der Waals surface area (Å²) in [6.07, 6.45) is -2.27. The van der Waals surface area contributed by atoms with E-state index in [4.69, 9.17) is 11.6 Å². The lowest BCUT2D eigenvalue weighted by atomic mass is 10.1. The summed E-state index contributed by atoms with van der Waals surface area (Å²) in [7, 11) is 1.15. The van der Waals surface area contributed by atoms with E-state index >= 15 is 0 Å². The van der Waals surface area contributed by atoms with E-state index in [0.717, 1.165) is 13.3 Å². The Hall–Kier alpha value is -1.43. The van der Waals surface area contributed by atoms with Gasteiger partial charge in [0.05, 0.1) is 31.3 Å². The fourth-order valence-corrected chi connectivity index (χ4v) is 1.63. The van der Waals surface area contributed by atoms with Crippen molar-refractivity contribution >= 4 is 17.6 Å². The molecule has 1 rings (SSSR count). The Morgan fingerprint density at radius 3 is 2.76 bits per heavy atom. The summed E-state index contributed by atoms with van der Waals surface area (Å²) < 4.78 is 30.1. The second kappa shape index (κ2) is 5.77. The molecule has 0 saturated heterocycles. The van der Waals surface area contributed by atoms with E-state index in [1.807, 2.05) is 0 Å². The number of ether oxygens (including phenoxy) is 1. The van der Waals surface area contributed by atoms with Crippen molar-refractivity contribution < 1.29 is 23.4 Å². The summed E-state index contributed by atoms with van der Waals surface area (Å²) >= 11 is 5.49. The van der Waals surface area contributed by atoms with Gasteiger partial charge >= 0.3 is 5.97 Å². The molecule has 0 atom stereocenters. The molecule has 1 N–H and O–H groups in total. The molecule has 0 aliphatic heterocycles. The van der Waals surface area contributed by atoms with Gasteiger partial charge in [0.1, 0.15) is 5.75 Å². The van der Waals surface area contributed by atoms with Crippen LogP contribution in [-0.2, 0) is 21.8 Å². The van der Waals surface area contributed by atoms with Crippen LogP contribution in [0.25, 0.3) is 0 Å². The van der Waals surface area contributed by atoms with Crippen LogP contribution in [-0.4, -0.2) is 23.2 Å². The second-order valence-electron chi connectivity index (χ2n) is 3.17. The van der Waals surface area contributed by atoms with Gasteiger partial charge in [0, 0.05) is 11.1 Å². The number of halogens is 3. The van der Waals surface area contributed by atoms with Crippen LogP contribution >= 0.6 is 11.6 Å². The quantitative estimate of drug-likeness (QED) is 0.670. The number of carbonyl (C=O) groups is 1. The third kappa shape index (κ3) is 3.03. The van der Waals surface area contributed by atoms with Crippen LogP contribution in [0.4, 0.5) is 8.78 Å². The Morgan fingerprint density at radius 2 is 2.29 bits per heavy atom. The molecule has 7 heteroatoms. The fourth-order valence-electron chi connectivity index (χ4n) is 1.35. The van der Waals surface area contributed by atoms with Crippen LogP contribution in [0, 0.1) is 0 Å². The summed E-state index contributed by atoms with van der Waals surface area (Å²) in [6, 6.07) is 0. The maximum absolute atomic E-state index is 12.8. The lowest BCUT2D eigenvalue weighted by molar-refractivity contribution is -0.139. The van der Waals surface area contributed by atoms with Gasteiger partial charge in [-0.2, -0.15) is 0 Å². The lowest BCUT2D eigenvalue weighted by Gasteiger charge is -2.12. The van der Waals surface area contributed by atoms with Gasteiger partial charge in [-0.1, -0.05) is 0 Å². The first-order chi connectivity index (χ1) is 8.01. The molecule has 0 amide bonds. The summed E-state index contributed by atoms with van der Waals surface area (Å²) in [5, 5.41) is 9.36. The monoisotopic (exact) mass is 265 g/mol. The topological polar surface area (TPSA) is 59.4 Å². The minimum Gasteiger partial charge on any atom is -0.506 e. The van der Waals surface area contributed by atoms with Crippen molar-refractivity contribution in [1.29, 1.82) is 0 Å². The van der Waals surface area contributed by atoms with Gasteiger partial charge in [0.25, 0.3) is 6.43 Å². The van der Waals surface area contributed by atoms with Gasteiger partial charge in [0.2, 0.25) is 0 Å². The highest BCUT2D eigenvalue weighted by Crippen LogP contribution is 2.32. The third-order valence-electron chi connectivity index (χ3n) is 2.18. The van der Waals surface area contributed by atoms with Crippen LogP contribution in [0.2, 0.25) is 0 Å². The van der Waals surface area contributed by atoms with E-state index in [9.17, 15) is 18.7 Å². The number of alkyl halides is 3. The van der Waals surface area contributed by atoms with E-state index in [-0.39, 0.29) is 23.6 Å². The van der Waals surface area contributed by atoms with Gasteiger partial charge in [-0.05, 0) is 0 Å². The summed E-state index contributed by atoms with van der Waals surface area (Å²) in [4.78, 5) is 14.6. The molecule has 0 spiro atoms. The highest BCUT2D eigenvalue weighted by Gasteiger charge is 2.23. The highest BCUT2D eigenvalue weighted by atomic mass is 35.5. The number of hydrogen-bond donors (Lipinski definition) is 1. The van der Waals surface area contributed by atoms with Crippen molar-refractivity contribution in [2.45, 2.75) is 18.7 Å². The standard InChI is InChI=1S/C10H10ClF2NO3/c1-17-8(16)2-6-9(10(12)13)5(3-11)7(15)4-14-6/h4,10,15H,2-3H2,1H3. The molecule has 0 aliphatic carbocycles. The predicted molar refractivity (Wildman–Crippen MR) is 56.1 cm³/mol. The molecule has 1 heterocycles. The highest BCUT2D eigenvalue weighted by molar-refractivity contribution is 6.17. The Labute approximate surface area is 101 Å². The van der Waals surface area contributed by atoms with E-state index < -0.39 is 23.7 Å². The number of hydrogen-bond acceptors (Lipinski definition) is 4. The minimum absolute atomic E-state index is 0.115. The largest absolute Gasteiger partial charge is 0.506 e. The van der Waals surface area contributed by atoms with Crippen molar-refractivity contribution in [3.8, 4) is 5.75 Å². The zero-order chi connectivity index (χ0) is 13.0. The summed E-state index contributed by atoms with van der Waals surface area (Å²) in [5.74, 6) is -1.39. The molecule has 1 aromatic rings. The second-order valence-corrected chi connectivity index (χ2v) is 3.44. The van der Waals surface area contributed by atoms with Crippen molar-refractivity contribution in [3.63, 3.8) is 0 Å². The first-order valence-electron chi connectivity index (χ1n) is 4.61. The van der Waals surface area contributed by atoms with Crippen molar-refractivity contribution in [1.82, 2.24) is 4.98 Å². The number of aromatic hydroxyl groups is 1. The van der Waals surface area contributed by atoms with Crippen LogP contribution in [0.1, 0.15) is 23.2 Å². The average Bonchev–Trinajstić information content (AvgIpc) is 2.30. The molecule has 4 nitrogen and oxygen atoms in total. The summed E-state index contributed by atoms with van der Waals surface area (Å²) in [6.45, 7) is 0. The van der Waals surface area contributed by atoms with E-state index in [2.05, 4.69) is 9.72 Å². The normalized spacial score (nSPS) is 10.6. The van der Waals surface area contributed by atoms with Crippen LogP contribution in [0.5, 0.6) is 5.75 Å². The maximum atomic E-state index is 12.8. The Morgan fingerprint density at radius 1 is 1.65 bits per heavy atom. The van der Waals surface area contributed by atoms with Gasteiger partial charge < -0.3 is 9.84 Å². The molecule has 0 radical (unpaired) electrons. The molecule has 0 aromatic carbocycles. The van der Waals surface area contributed by atoms with Gasteiger partial charge in [-0.25, -0.2) is 8.78 Å². The molecule has 0 bridgehead atoms. The zero-order valence-electron chi connectivity index (χ0n) is 8.91. The van der Waals surface area contributed by atoms with Crippen LogP contribution in [0.15, 0.2) is 6.20 Å². The Kier molecular flexibility index (Phi) is 4.62. The Balaban J connectivity index is 3.25. The van der Waals surface area contributed by atoms with Crippen LogP contribution in [0.3, 0.4) is 0 Å². The molecule has 0 saturated carbocycles. The summed E-state index contributed by atoms with van der Waals surface area (Å²) in [5.41, 5.74) is -0.763. The van der Waals surface area contributed by atoms with Gasteiger partial charge in [0.15, 0.2) is 0 Å². The molecule has 17 heavy (non-hydrogen) atoms. The van der Waals surface area contributed by atoms with Crippen LogP contribution < -0.4 is 0 Å². The number of esters is 1. The smallest absolute Gasteiger partial charge is 0.311 e. The van der Waals surface area contributed by atoms with E-state index in [0.29, 0.717) is 0 Å². The first-order valence-corrected chi connectivity index (χ1v) is 5.15. The fraction of sp³-hybridized carbons (Fsp3) is 0.400.